The molecule has 0 aromatic heterocycles. The molecule has 3 amide bonds. The Labute approximate surface area is 113 Å². The van der Waals surface area contributed by atoms with Crippen molar-refractivity contribution in [2.24, 2.45) is 5.73 Å². The van der Waals surface area contributed by atoms with Crippen LogP contribution in [0, 0.1) is 0 Å². The highest BCUT2D eigenvalue weighted by Gasteiger charge is 2.21. The van der Waals surface area contributed by atoms with Crippen LogP contribution in [-0.4, -0.2) is 29.1 Å². The van der Waals surface area contributed by atoms with Crippen molar-refractivity contribution in [3.63, 3.8) is 0 Å². The predicted octanol–water partition coefficient (Wildman–Crippen LogP) is 0.786. The summed E-state index contributed by atoms with van der Waals surface area (Å²) in [6.45, 7) is 1.25. The first-order valence-electron chi connectivity index (χ1n) is 5.11. The largest absolute Gasteiger partial charge is 0.507 e. The SMILES string of the molecule is C[C@H](OC(=O)c1cc(Cl)ccc1O)C(=O)NC(N)=O. The van der Waals surface area contributed by atoms with Gasteiger partial charge in [0.15, 0.2) is 6.10 Å². The lowest BCUT2D eigenvalue weighted by Crippen LogP contribution is -2.42. The zero-order valence-electron chi connectivity index (χ0n) is 9.84. The minimum atomic E-state index is -1.25. The molecule has 8 heteroatoms. The highest BCUT2D eigenvalue weighted by Crippen LogP contribution is 2.22. The minimum absolute atomic E-state index is 0.189. The van der Waals surface area contributed by atoms with Crippen molar-refractivity contribution < 1.29 is 24.2 Å². The molecule has 1 atom stereocenters. The molecule has 7 nitrogen and oxygen atoms in total. The molecule has 0 saturated carbocycles. The van der Waals surface area contributed by atoms with Gasteiger partial charge in [-0.05, 0) is 25.1 Å². The Hall–Kier alpha value is -2.28. The van der Waals surface area contributed by atoms with Crippen molar-refractivity contribution in [2.45, 2.75) is 13.0 Å². The Balaban J connectivity index is 2.77. The lowest BCUT2D eigenvalue weighted by atomic mass is 10.2. The quantitative estimate of drug-likeness (QED) is 0.710. The molecule has 0 heterocycles. The number of hydrogen-bond acceptors (Lipinski definition) is 5. The number of phenolic OH excluding ortho intramolecular Hbond substituents is 1. The number of primary amides is 1. The first kappa shape index (κ1) is 14.8. The summed E-state index contributed by atoms with van der Waals surface area (Å²) >= 11 is 5.67. The molecule has 102 valence electrons. The second-order valence-electron chi connectivity index (χ2n) is 3.56. The smallest absolute Gasteiger partial charge is 0.342 e. The average Bonchev–Trinajstić information content (AvgIpc) is 2.31. The molecular formula is C11H11ClN2O5. The van der Waals surface area contributed by atoms with Gasteiger partial charge in [-0.2, -0.15) is 0 Å². The van der Waals surface area contributed by atoms with Crippen LogP contribution in [0.2, 0.25) is 5.02 Å². The number of halogens is 1. The fraction of sp³-hybridized carbons (Fsp3) is 0.182. The second-order valence-corrected chi connectivity index (χ2v) is 4.00. The molecule has 4 N–H and O–H groups in total. The van der Waals surface area contributed by atoms with Crippen LogP contribution in [0.5, 0.6) is 5.75 Å². The number of rotatable bonds is 3. The van der Waals surface area contributed by atoms with Gasteiger partial charge >= 0.3 is 12.0 Å². The number of amides is 3. The number of esters is 1. The average molecular weight is 287 g/mol. The van der Waals surface area contributed by atoms with Crippen LogP contribution in [0.25, 0.3) is 0 Å². The predicted molar refractivity (Wildman–Crippen MR) is 65.7 cm³/mol. The molecule has 0 bridgehead atoms. The van der Waals surface area contributed by atoms with Gasteiger partial charge in [-0.15, -0.1) is 0 Å². The standard InChI is InChI=1S/C11H11ClN2O5/c1-5(9(16)14-11(13)18)19-10(17)7-4-6(12)2-3-8(7)15/h2-5,15H,1H3,(H3,13,14,16,18)/t5-/m0/s1. The fourth-order valence-electron chi connectivity index (χ4n) is 1.17. The number of phenols is 1. The molecule has 0 saturated heterocycles. The monoisotopic (exact) mass is 286 g/mol. The van der Waals surface area contributed by atoms with E-state index in [1.807, 2.05) is 0 Å². The molecule has 19 heavy (non-hydrogen) atoms. The topological polar surface area (TPSA) is 119 Å². The zero-order valence-corrected chi connectivity index (χ0v) is 10.6. The summed E-state index contributed by atoms with van der Waals surface area (Å²) in [5.74, 6) is -2.16. The van der Waals surface area contributed by atoms with Crippen molar-refractivity contribution >= 4 is 29.5 Å². The molecule has 0 unspecified atom stereocenters. The maximum Gasteiger partial charge on any atom is 0.342 e. The Morgan fingerprint density at radius 1 is 1.42 bits per heavy atom. The van der Waals surface area contributed by atoms with Gasteiger partial charge in [0.1, 0.15) is 11.3 Å². The van der Waals surface area contributed by atoms with Crippen LogP contribution in [0.1, 0.15) is 17.3 Å². The molecule has 0 aliphatic carbocycles. The number of imide groups is 1. The summed E-state index contributed by atoms with van der Waals surface area (Å²) in [6.07, 6.45) is -1.25. The number of ether oxygens (including phenoxy) is 1. The highest BCUT2D eigenvalue weighted by atomic mass is 35.5. The van der Waals surface area contributed by atoms with Crippen molar-refractivity contribution in [1.82, 2.24) is 5.32 Å². The zero-order chi connectivity index (χ0) is 14.6. The summed E-state index contributed by atoms with van der Waals surface area (Å²) in [6, 6.07) is 2.74. The van der Waals surface area contributed by atoms with Crippen LogP contribution in [-0.2, 0) is 9.53 Å². The Morgan fingerprint density at radius 3 is 2.63 bits per heavy atom. The molecule has 1 rings (SSSR count). The van der Waals surface area contributed by atoms with Gasteiger partial charge in [0.2, 0.25) is 0 Å². The molecule has 0 aliphatic heterocycles. The fourth-order valence-corrected chi connectivity index (χ4v) is 1.34. The van der Waals surface area contributed by atoms with E-state index in [2.05, 4.69) is 0 Å². The number of hydrogen-bond donors (Lipinski definition) is 3. The maximum atomic E-state index is 11.7. The lowest BCUT2D eigenvalue weighted by Gasteiger charge is -2.12. The Bertz CT molecular complexity index is 532. The first-order chi connectivity index (χ1) is 8.81. The van der Waals surface area contributed by atoms with E-state index in [-0.39, 0.29) is 16.3 Å². The summed E-state index contributed by atoms with van der Waals surface area (Å²) in [5, 5.41) is 11.4. The Morgan fingerprint density at radius 2 is 2.05 bits per heavy atom. The summed E-state index contributed by atoms with van der Waals surface area (Å²) < 4.78 is 4.76. The second kappa shape index (κ2) is 6.05. The van der Waals surface area contributed by atoms with E-state index in [0.29, 0.717) is 0 Å². The molecule has 1 aromatic carbocycles. The molecule has 0 fully saturated rings. The first-order valence-corrected chi connectivity index (χ1v) is 5.49. The number of carbonyl (C=O) groups excluding carboxylic acids is 3. The van der Waals surface area contributed by atoms with E-state index in [1.54, 1.807) is 5.32 Å². The van der Waals surface area contributed by atoms with Gasteiger partial charge in [-0.25, -0.2) is 9.59 Å². The van der Waals surface area contributed by atoms with Crippen molar-refractivity contribution in [3.8, 4) is 5.75 Å². The third kappa shape index (κ3) is 4.14. The number of nitrogens with one attached hydrogen (secondary N) is 1. The van der Waals surface area contributed by atoms with E-state index < -0.39 is 24.0 Å². The van der Waals surface area contributed by atoms with Gasteiger partial charge in [0.25, 0.3) is 5.91 Å². The molecule has 0 aliphatic rings. The maximum absolute atomic E-state index is 11.7. The van der Waals surface area contributed by atoms with Gasteiger partial charge in [-0.1, -0.05) is 11.6 Å². The number of urea groups is 1. The number of aromatic hydroxyl groups is 1. The molecule has 0 radical (unpaired) electrons. The summed E-state index contributed by atoms with van der Waals surface area (Å²) in [7, 11) is 0. The van der Waals surface area contributed by atoms with Crippen LogP contribution in [0.3, 0.4) is 0 Å². The van der Waals surface area contributed by atoms with E-state index in [4.69, 9.17) is 22.1 Å². The van der Waals surface area contributed by atoms with Gasteiger partial charge in [0, 0.05) is 5.02 Å². The van der Waals surface area contributed by atoms with E-state index in [0.717, 1.165) is 0 Å². The molecule has 0 spiro atoms. The number of nitrogens with two attached hydrogens (primary N) is 1. The van der Waals surface area contributed by atoms with E-state index in [1.165, 1.54) is 25.1 Å². The number of carbonyl (C=O) groups is 3. The minimum Gasteiger partial charge on any atom is -0.507 e. The molecule has 1 aromatic rings. The Kier molecular flexibility index (Phi) is 4.71. The molecular weight excluding hydrogens is 276 g/mol. The van der Waals surface area contributed by atoms with Crippen molar-refractivity contribution in [2.75, 3.05) is 0 Å². The highest BCUT2D eigenvalue weighted by molar-refractivity contribution is 6.31. The van der Waals surface area contributed by atoms with Gasteiger partial charge in [0.05, 0.1) is 0 Å². The van der Waals surface area contributed by atoms with Gasteiger partial charge < -0.3 is 15.6 Å². The normalized spacial score (nSPS) is 11.5. The van der Waals surface area contributed by atoms with Crippen LogP contribution in [0.4, 0.5) is 4.79 Å². The third-order valence-corrected chi connectivity index (χ3v) is 2.31. The van der Waals surface area contributed by atoms with Crippen LogP contribution in [0.15, 0.2) is 18.2 Å². The third-order valence-electron chi connectivity index (χ3n) is 2.08. The van der Waals surface area contributed by atoms with E-state index in [9.17, 15) is 19.5 Å². The number of benzene rings is 1. The van der Waals surface area contributed by atoms with Crippen molar-refractivity contribution in [3.05, 3.63) is 28.8 Å². The summed E-state index contributed by atoms with van der Waals surface area (Å²) in [4.78, 5) is 33.4. The van der Waals surface area contributed by atoms with Crippen molar-refractivity contribution in [1.29, 1.82) is 0 Å². The summed E-state index contributed by atoms with van der Waals surface area (Å²) in [5.41, 5.74) is 4.56. The van der Waals surface area contributed by atoms with Crippen LogP contribution >= 0.6 is 11.6 Å². The van der Waals surface area contributed by atoms with Crippen LogP contribution < -0.4 is 11.1 Å². The van der Waals surface area contributed by atoms with Gasteiger partial charge in [-0.3, -0.25) is 10.1 Å². The lowest BCUT2D eigenvalue weighted by molar-refractivity contribution is -0.127. The van der Waals surface area contributed by atoms with E-state index >= 15 is 0 Å².